The number of fused-ring (bicyclic) bond motifs is 1. The summed E-state index contributed by atoms with van der Waals surface area (Å²) in [5, 5.41) is 3.50. The van der Waals surface area contributed by atoms with E-state index in [-0.39, 0.29) is 0 Å². The van der Waals surface area contributed by atoms with Gasteiger partial charge >= 0.3 is 0 Å². The van der Waals surface area contributed by atoms with Crippen molar-refractivity contribution in [2.45, 2.75) is 19.4 Å². The van der Waals surface area contributed by atoms with E-state index in [4.69, 9.17) is 4.74 Å². The number of nitrogens with one attached hydrogen (secondary N) is 1. The molecule has 2 atom stereocenters. The summed E-state index contributed by atoms with van der Waals surface area (Å²) in [5.41, 5.74) is 2.53. The third-order valence-corrected chi connectivity index (χ3v) is 3.67. The van der Waals surface area contributed by atoms with Crippen LogP contribution in [0.15, 0.2) is 35.0 Å². The number of methoxy groups -OCH3 is 1. The lowest BCUT2D eigenvalue weighted by Gasteiger charge is -2.33. The van der Waals surface area contributed by atoms with Crippen molar-refractivity contribution in [1.82, 2.24) is 0 Å². The van der Waals surface area contributed by atoms with E-state index >= 15 is 0 Å². The molecule has 0 fully saturated rings. The van der Waals surface area contributed by atoms with Crippen LogP contribution in [0.3, 0.4) is 0 Å². The molecule has 86 valence electrons. The van der Waals surface area contributed by atoms with Crippen LogP contribution in [0.25, 0.3) is 0 Å². The van der Waals surface area contributed by atoms with E-state index in [9.17, 15) is 0 Å². The highest BCUT2D eigenvalue weighted by molar-refractivity contribution is 9.10. The number of anilines is 1. The summed E-state index contributed by atoms with van der Waals surface area (Å²) in [4.78, 5) is 0. The van der Waals surface area contributed by atoms with E-state index in [1.807, 2.05) is 0 Å². The molecule has 16 heavy (non-hydrogen) atoms. The molecule has 1 N–H and O–H groups in total. The van der Waals surface area contributed by atoms with Gasteiger partial charge in [-0.05, 0) is 31.0 Å². The maximum Gasteiger partial charge on any atom is 0.0938 e. The minimum absolute atomic E-state index is 0.346. The van der Waals surface area contributed by atoms with Crippen LogP contribution in [0.2, 0.25) is 0 Å². The first kappa shape index (κ1) is 11.5. The molecule has 1 aromatic rings. The Morgan fingerprint density at radius 3 is 3.00 bits per heavy atom. The molecule has 1 aliphatic rings. The molecule has 0 aromatic heterocycles. The highest BCUT2D eigenvalue weighted by Crippen LogP contribution is 2.33. The second-order valence-electron chi connectivity index (χ2n) is 4.22. The topological polar surface area (TPSA) is 21.3 Å². The summed E-state index contributed by atoms with van der Waals surface area (Å²) in [6, 6.07) is 6.70. The summed E-state index contributed by atoms with van der Waals surface area (Å²) < 4.78 is 6.36. The van der Waals surface area contributed by atoms with Crippen molar-refractivity contribution in [2.75, 3.05) is 12.4 Å². The highest BCUT2D eigenvalue weighted by Gasteiger charge is 2.27. The van der Waals surface area contributed by atoms with E-state index in [1.165, 1.54) is 11.3 Å². The fraction of sp³-hybridized carbons (Fsp3) is 0.385. The third kappa shape index (κ3) is 2.09. The van der Waals surface area contributed by atoms with E-state index in [2.05, 4.69) is 52.9 Å². The second kappa shape index (κ2) is 4.50. The minimum Gasteiger partial charge on any atom is -0.501 e. The maximum absolute atomic E-state index is 5.26. The van der Waals surface area contributed by atoms with Crippen molar-refractivity contribution in [3.8, 4) is 0 Å². The van der Waals surface area contributed by atoms with Crippen LogP contribution in [0.5, 0.6) is 0 Å². The predicted molar refractivity (Wildman–Crippen MR) is 70.6 cm³/mol. The summed E-state index contributed by atoms with van der Waals surface area (Å²) >= 11 is 3.49. The largest absolute Gasteiger partial charge is 0.501 e. The standard InChI is InChI=1S/C13H16BrNO/c1-8-12(9(2)16-3)6-10-4-5-11(14)7-13(10)15-8/h4-5,7-8,12,15H,2,6H2,1,3H3/t8-,12-/m1/s1. The van der Waals surface area contributed by atoms with Crippen molar-refractivity contribution < 1.29 is 4.74 Å². The van der Waals surface area contributed by atoms with Crippen molar-refractivity contribution in [3.63, 3.8) is 0 Å². The van der Waals surface area contributed by atoms with Gasteiger partial charge in [0.05, 0.1) is 12.9 Å². The van der Waals surface area contributed by atoms with Crippen LogP contribution in [-0.4, -0.2) is 13.2 Å². The van der Waals surface area contributed by atoms with Crippen LogP contribution in [0.1, 0.15) is 12.5 Å². The molecule has 2 rings (SSSR count). The molecule has 3 heteroatoms. The minimum atomic E-state index is 0.346. The number of hydrogen-bond donors (Lipinski definition) is 1. The zero-order valence-electron chi connectivity index (χ0n) is 9.59. The molecule has 0 amide bonds. The van der Waals surface area contributed by atoms with Gasteiger partial charge in [-0.2, -0.15) is 0 Å². The average molecular weight is 282 g/mol. The van der Waals surface area contributed by atoms with Gasteiger partial charge in [0.2, 0.25) is 0 Å². The van der Waals surface area contributed by atoms with Crippen LogP contribution in [0, 0.1) is 5.92 Å². The fourth-order valence-electron chi connectivity index (χ4n) is 2.16. The van der Waals surface area contributed by atoms with Gasteiger partial charge in [-0.1, -0.05) is 28.6 Å². The highest BCUT2D eigenvalue weighted by atomic mass is 79.9. The van der Waals surface area contributed by atoms with Crippen LogP contribution >= 0.6 is 15.9 Å². The summed E-state index contributed by atoms with van der Waals surface area (Å²) in [6.45, 7) is 6.13. The van der Waals surface area contributed by atoms with Crippen molar-refractivity contribution >= 4 is 21.6 Å². The predicted octanol–water partition coefficient (Wildman–Crippen LogP) is 3.58. The van der Waals surface area contributed by atoms with Gasteiger partial charge in [-0.25, -0.2) is 0 Å². The third-order valence-electron chi connectivity index (χ3n) is 3.17. The number of hydrogen-bond acceptors (Lipinski definition) is 2. The van der Waals surface area contributed by atoms with Gasteiger partial charge in [0.1, 0.15) is 0 Å². The first-order chi connectivity index (χ1) is 7.61. The molecule has 0 spiro atoms. The summed E-state index contributed by atoms with van der Waals surface area (Å²) in [6.07, 6.45) is 0.990. The molecule has 1 aliphatic heterocycles. The lowest BCUT2D eigenvalue weighted by atomic mass is 9.87. The fourth-order valence-corrected chi connectivity index (χ4v) is 2.53. The van der Waals surface area contributed by atoms with Gasteiger partial charge in [0.25, 0.3) is 0 Å². The number of halogens is 1. The van der Waals surface area contributed by atoms with E-state index in [0.717, 1.165) is 16.7 Å². The van der Waals surface area contributed by atoms with E-state index in [0.29, 0.717) is 12.0 Å². The van der Waals surface area contributed by atoms with Crippen molar-refractivity contribution in [2.24, 2.45) is 5.92 Å². The summed E-state index contributed by atoms with van der Waals surface area (Å²) in [7, 11) is 1.69. The molecule has 0 saturated carbocycles. The zero-order valence-corrected chi connectivity index (χ0v) is 11.2. The van der Waals surface area contributed by atoms with Crippen LogP contribution in [0.4, 0.5) is 5.69 Å². The Bertz CT molecular complexity index is 416. The normalized spacial score (nSPS) is 23.2. The SMILES string of the molecule is C=C(OC)[C@@H]1Cc2ccc(Br)cc2N[C@@H]1C. The number of ether oxygens (including phenoxy) is 1. The Morgan fingerprint density at radius 2 is 2.31 bits per heavy atom. The van der Waals surface area contributed by atoms with E-state index in [1.54, 1.807) is 7.11 Å². The first-order valence-corrected chi connectivity index (χ1v) is 6.19. The van der Waals surface area contributed by atoms with Gasteiger partial charge < -0.3 is 10.1 Å². The van der Waals surface area contributed by atoms with Crippen molar-refractivity contribution in [1.29, 1.82) is 0 Å². The van der Waals surface area contributed by atoms with Crippen LogP contribution < -0.4 is 5.32 Å². The second-order valence-corrected chi connectivity index (χ2v) is 5.13. The molecular weight excluding hydrogens is 266 g/mol. The number of rotatable bonds is 2. The quantitative estimate of drug-likeness (QED) is 0.837. The first-order valence-electron chi connectivity index (χ1n) is 5.39. The van der Waals surface area contributed by atoms with Gasteiger partial charge in [0.15, 0.2) is 0 Å². The Kier molecular flexibility index (Phi) is 3.24. The van der Waals surface area contributed by atoms with E-state index < -0.39 is 0 Å². The molecule has 0 unspecified atom stereocenters. The van der Waals surface area contributed by atoms with Crippen molar-refractivity contribution in [3.05, 3.63) is 40.6 Å². The Hall–Kier alpha value is -0.960. The smallest absolute Gasteiger partial charge is 0.0938 e. The maximum atomic E-state index is 5.26. The molecule has 1 aromatic carbocycles. The monoisotopic (exact) mass is 281 g/mol. The van der Waals surface area contributed by atoms with Gasteiger partial charge in [-0.3, -0.25) is 0 Å². The average Bonchev–Trinajstić information content (AvgIpc) is 2.27. The van der Waals surface area contributed by atoms with Gasteiger partial charge in [0, 0.05) is 22.1 Å². The van der Waals surface area contributed by atoms with Gasteiger partial charge in [-0.15, -0.1) is 0 Å². The zero-order chi connectivity index (χ0) is 11.7. The summed E-state index contributed by atoms with van der Waals surface area (Å²) in [5.74, 6) is 1.20. The Morgan fingerprint density at radius 1 is 1.56 bits per heavy atom. The lowest BCUT2D eigenvalue weighted by Crippen LogP contribution is -2.33. The number of benzene rings is 1. The molecule has 0 saturated heterocycles. The molecule has 0 radical (unpaired) electrons. The van der Waals surface area contributed by atoms with Crippen LogP contribution in [-0.2, 0) is 11.2 Å². The molecule has 0 bridgehead atoms. The molecule has 0 aliphatic carbocycles. The molecular formula is C13H16BrNO. The lowest BCUT2D eigenvalue weighted by molar-refractivity contribution is 0.231. The Balaban J connectivity index is 2.28. The Labute approximate surface area is 105 Å². The molecule has 2 nitrogen and oxygen atoms in total. The molecule has 1 heterocycles.